The normalized spacial score (nSPS) is 12.0. The average molecular weight is 312 g/mol. The first kappa shape index (κ1) is 14.8. The number of rotatable bonds is 3. The molecule has 0 aliphatic rings. The molecule has 2 rings (SSSR count). The highest BCUT2D eigenvalue weighted by Crippen LogP contribution is 2.23. The zero-order valence-corrected chi connectivity index (χ0v) is 12.2. The number of hydrogen-bond acceptors (Lipinski definition) is 1. The van der Waals surface area contributed by atoms with Crippen molar-refractivity contribution in [2.24, 2.45) is 0 Å². The van der Waals surface area contributed by atoms with E-state index < -0.39 is 5.82 Å². The largest absolute Gasteiger partial charge is 0.345 e. The van der Waals surface area contributed by atoms with Gasteiger partial charge in [0.25, 0.3) is 5.91 Å². The van der Waals surface area contributed by atoms with Gasteiger partial charge in [-0.15, -0.1) is 0 Å². The molecule has 0 saturated heterocycles. The van der Waals surface area contributed by atoms with Crippen LogP contribution in [0, 0.1) is 5.82 Å². The Hall–Kier alpha value is -1.58. The number of halogens is 3. The molecular weight excluding hydrogens is 300 g/mol. The van der Waals surface area contributed by atoms with Crippen LogP contribution in [0.5, 0.6) is 0 Å². The SMILES string of the molecule is C[C@@H](NC(=O)c1ccc(F)cc1Cl)c1ccccc1Cl. The maximum atomic E-state index is 13.0. The summed E-state index contributed by atoms with van der Waals surface area (Å²) in [7, 11) is 0. The van der Waals surface area contributed by atoms with Crippen molar-refractivity contribution in [3.8, 4) is 0 Å². The Morgan fingerprint density at radius 3 is 2.50 bits per heavy atom. The van der Waals surface area contributed by atoms with Gasteiger partial charge in [-0.2, -0.15) is 0 Å². The van der Waals surface area contributed by atoms with E-state index in [9.17, 15) is 9.18 Å². The van der Waals surface area contributed by atoms with Gasteiger partial charge in [0.1, 0.15) is 5.82 Å². The Balaban J connectivity index is 2.17. The molecule has 0 spiro atoms. The van der Waals surface area contributed by atoms with Gasteiger partial charge < -0.3 is 5.32 Å². The van der Waals surface area contributed by atoms with Crippen LogP contribution in [-0.4, -0.2) is 5.91 Å². The molecule has 1 N–H and O–H groups in total. The monoisotopic (exact) mass is 311 g/mol. The summed E-state index contributed by atoms with van der Waals surface area (Å²) in [6, 6.07) is 10.6. The highest BCUT2D eigenvalue weighted by Gasteiger charge is 2.16. The molecule has 20 heavy (non-hydrogen) atoms. The Kier molecular flexibility index (Phi) is 4.63. The van der Waals surface area contributed by atoms with Crippen molar-refractivity contribution in [3.63, 3.8) is 0 Å². The average Bonchev–Trinajstić information content (AvgIpc) is 2.38. The third-order valence-corrected chi connectivity index (χ3v) is 3.55. The number of hydrogen-bond donors (Lipinski definition) is 1. The summed E-state index contributed by atoms with van der Waals surface area (Å²) in [5.41, 5.74) is 1.03. The fourth-order valence-electron chi connectivity index (χ4n) is 1.85. The second-order valence-electron chi connectivity index (χ2n) is 4.34. The van der Waals surface area contributed by atoms with E-state index in [0.29, 0.717) is 5.02 Å². The number of carbonyl (C=O) groups excluding carboxylic acids is 1. The first-order valence-corrected chi connectivity index (χ1v) is 6.75. The standard InChI is InChI=1S/C15H12Cl2FNO/c1-9(11-4-2-3-5-13(11)16)19-15(20)12-7-6-10(18)8-14(12)17/h2-9H,1H3,(H,19,20)/t9-/m1/s1. The number of carbonyl (C=O) groups is 1. The predicted molar refractivity (Wildman–Crippen MR) is 78.7 cm³/mol. The highest BCUT2D eigenvalue weighted by atomic mass is 35.5. The zero-order chi connectivity index (χ0) is 14.7. The van der Waals surface area contributed by atoms with Crippen LogP contribution < -0.4 is 5.32 Å². The maximum absolute atomic E-state index is 13.0. The summed E-state index contributed by atoms with van der Waals surface area (Å²) in [6.07, 6.45) is 0. The summed E-state index contributed by atoms with van der Waals surface area (Å²) in [5.74, 6) is -0.854. The van der Waals surface area contributed by atoms with Crippen LogP contribution in [0.25, 0.3) is 0 Å². The fraction of sp³-hybridized carbons (Fsp3) is 0.133. The van der Waals surface area contributed by atoms with Gasteiger partial charge in [-0.3, -0.25) is 4.79 Å². The molecule has 2 aromatic rings. The van der Waals surface area contributed by atoms with Crippen LogP contribution >= 0.6 is 23.2 Å². The quantitative estimate of drug-likeness (QED) is 0.880. The smallest absolute Gasteiger partial charge is 0.253 e. The first-order valence-electron chi connectivity index (χ1n) is 5.99. The molecule has 0 aliphatic heterocycles. The molecule has 0 heterocycles. The summed E-state index contributed by atoms with van der Waals surface area (Å²) >= 11 is 11.9. The molecule has 0 bridgehead atoms. The van der Waals surface area contributed by atoms with Crippen molar-refractivity contribution in [1.29, 1.82) is 0 Å². The highest BCUT2D eigenvalue weighted by molar-refractivity contribution is 6.34. The number of benzene rings is 2. The van der Waals surface area contributed by atoms with Crippen molar-refractivity contribution in [3.05, 3.63) is 69.5 Å². The Morgan fingerprint density at radius 1 is 1.15 bits per heavy atom. The lowest BCUT2D eigenvalue weighted by Gasteiger charge is -2.16. The van der Waals surface area contributed by atoms with Crippen molar-refractivity contribution < 1.29 is 9.18 Å². The second-order valence-corrected chi connectivity index (χ2v) is 5.16. The molecule has 2 nitrogen and oxygen atoms in total. The molecule has 2 aromatic carbocycles. The first-order chi connectivity index (χ1) is 9.49. The molecule has 0 fully saturated rings. The van der Waals surface area contributed by atoms with Gasteiger partial charge >= 0.3 is 0 Å². The van der Waals surface area contributed by atoms with Crippen LogP contribution in [0.15, 0.2) is 42.5 Å². The molecule has 1 amide bonds. The van der Waals surface area contributed by atoms with Crippen molar-refractivity contribution in [1.82, 2.24) is 5.32 Å². The van der Waals surface area contributed by atoms with E-state index in [2.05, 4.69) is 5.32 Å². The molecule has 0 saturated carbocycles. The van der Waals surface area contributed by atoms with Crippen LogP contribution in [-0.2, 0) is 0 Å². The minimum absolute atomic E-state index is 0.0776. The second kappa shape index (κ2) is 6.25. The zero-order valence-electron chi connectivity index (χ0n) is 10.7. The molecule has 0 radical (unpaired) electrons. The van der Waals surface area contributed by atoms with Crippen LogP contribution in [0.1, 0.15) is 28.9 Å². The van der Waals surface area contributed by atoms with Gasteiger partial charge in [0.05, 0.1) is 16.6 Å². The van der Waals surface area contributed by atoms with Crippen LogP contribution in [0.3, 0.4) is 0 Å². The lowest BCUT2D eigenvalue weighted by atomic mass is 10.1. The van der Waals surface area contributed by atoms with Crippen LogP contribution in [0.2, 0.25) is 10.0 Å². The van der Waals surface area contributed by atoms with Crippen molar-refractivity contribution >= 4 is 29.1 Å². The van der Waals surface area contributed by atoms with Gasteiger partial charge in [-0.05, 0) is 36.8 Å². The van der Waals surface area contributed by atoms with E-state index in [4.69, 9.17) is 23.2 Å². The van der Waals surface area contributed by atoms with E-state index in [1.807, 2.05) is 25.1 Å². The topological polar surface area (TPSA) is 29.1 Å². The summed E-state index contributed by atoms with van der Waals surface area (Å²) in [6.45, 7) is 1.82. The Labute approximate surface area is 126 Å². The molecule has 0 aromatic heterocycles. The van der Waals surface area contributed by atoms with Crippen molar-refractivity contribution in [2.45, 2.75) is 13.0 Å². The third-order valence-electron chi connectivity index (χ3n) is 2.90. The molecule has 1 atom stereocenters. The lowest BCUT2D eigenvalue weighted by Crippen LogP contribution is -2.27. The van der Waals surface area contributed by atoms with Gasteiger partial charge in [0, 0.05) is 5.02 Å². The summed E-state index contributed by atoms with van der Waals surface area (Å²) in [4.78, 5) is 12.1. The van der Waals surface area contributed by atoms with Gasteiger partial charge in [-0.25, -0.2) is 4.39 Å². The van der Waals surface area contributed by atoms with E-state index >= 15 is 0 Å². The summed E-state index contributed by atoms with van der Waals surface area (Å²) < 4.78 is 13.0. The molecule has 104 valence electrons. The molecule has 5 heteroatoms. The molecule has 0 aliphatic carbocycles. The van der Waals surface area contributed by atoms with Gasteiger partial charge in [-0.1, -0.05) is 41.4 Å². The maximum Gasteiger partial charge on any atom is 0.253 e. The third kappa shape index (κ3) is 3.30. The van der Waals surface area contributed by atoms with Gasteiger partial charge in [0.2, 0.25) is 0 Å². The lowest BCUT2D eigenvalue weighted by molar-refractivity contribution is 0.0940. The predicted octanol–water partition coefficient (Wildman–Crippen LogP) is 4.62. The Bertz CT molecular complexity index is 646. The Morgan fingerprint density at radius 2 is 1.85 bits per heavy atom. The minimum Gasteiger partial charge on any atom is -0.345 e. The van der Waals surface area contributed by atoms with E-state index in [-0.39, 0.29) is 22.5 Å². The van der Waals surface area contributed by atoms with Crippen molar-refractivity contribution in [2.75, 3.05) is 0 Å². The molecule has 0 unspecified atom stereocenters. The van der Waals surface area contributed by atoms with Crippen LogP contribution in [0.4, 0.5) is 4.39 Å². The number of amides is 1. The minimum atomic E-state index is -0.481. The van der Waals surface area contributed by atoms with E-state index in [1.165, 1.54) is 12.1 Å². The van der Waals surface area contributed by atoms with E-state index in [1.54, 1.807) is 6.07 Å². The fourth-order valence-corrected chi connectivity index (χ4v) is 2.40. The van der Waals surface area contributed by atoms with Gasteiger partial charge in [0.15, 0.2) is 0 Å². The molecular formula is C15H12Cl2FNO. The summed E-state index contributed by atoms with van der Waals surface area (Å²) in [5, 5.41) is 3.44. The van der Waals surface area contributed by atoms with E-state index in [0.717, 1.165) is 11.6 Å². The number of nitrogens with one attached hydrogen (secondary N) is 1.